The van der Waals surface area contributed by atoms with Gasteiger partial charge >= 0.3 is 12.1 Å². The van der Waals surface area contributed by atoms with Crippen molar-refractivity contribution in [3.63, 3.8) is 0 Å². The number of benzene rings is 1. The Morgan fingerprint density at radius 2 is 1.96 bits per heavy atom. The fourth-order valence-corrected chi connectivity index (χ4v) is 3.82. The third kappa shape index (κ3) is 3.37. The summed E-state index contributed by atoms with van der Waals surface area (Å²) in [5, 5.41) is 0. The highest BCUT2D eigenvalue weighted by Crippen LogP contribution is 2.45. The summed E-state index contributed by atoms with van der Waals surface area (Å²) in [4.78, 5) is 26.2. The fourth-order valence-electron chi connectivity index (χ4n) is 3.82. The monoisotopic (exact) mass is 355 g/mol. The molecule has 2 aliphatic rings. The Morgan fingerprint density at radius 3 is 2.60 bits per heavy atom. The van der Waals surface area contributed by atoms with Crippen LogP contribution in [0.15, 0.2) is 24.3 Å². The van der Waals surface area contributed by atoms with E-state index in [9.17, 15) is 22.8 Å². The topological polar surface area (TPSA) is 46.6 Å². The Morgan fingerprint density at radius 1 is 1.28 bits per heavy atom. The van der Waals surface area contributed by atoms with Crippen molar-refractivity contribution in [2.24, 2.45) is 11.3 Å². The van der Waals surface area contributed by atoms with E-state index in [1.807, 2.05) is 0 Å². The Kier molecular flexibility index (Phi) is 4.29. The van der Waals surface area contributed by atoms with Gasteiger partial charge in [-0.15, -0.1) is 0 Å². The first-order valence-electron chi connectivity index (χ1n) is 8.24. The molecule has 0 N–H and O–H groups in total. The summed E-state index contributed by atoms with van der Waals surface area (Å²) in [7, 11) is 0. The van der Waals surface area contributed by atoms with Gasteiger partial charge in [0.25, 0.3) is 5.91 Å². The van der Waals surface area contributed by atoms with Crippen LogP contribution in [0.3, 0.4) is 0 Å². The first-order valence-corrected chi connectivity index (χ1v) is 8.24. The number of hydrogen-bond donors (Lipinski definition) is 0. The van der Waals surface area contributed by atoms with E-state index in [1.54, 1.807) is 24.3 Å². The number of cyclic esters (lactones) is 1. The molecule has 1 fully saturated rings. The lowest BCUT2D eigenvalue weighted by molar-refractivity contribution is -0.218. The number of carbonyl (C=O) groups excluding carboxylic acids is 2. The summed E-state index contributed by atoms with van der Waals surface area (Å²) in [5.41, 5.74) is 0.0761. The van der Waals surface area contributed by atoms with E-state index in [0.29, 0.717) is 5.56 Å². The quantitative estimate of drug-likeness (QED) is 0.727. The van der Waals surface area contributed by atoms with Crippen LogP contribution < -0.4 is 0 Å². The lowest BCUT2D eigenvalue weighted by Gasteiger charge is -2.45. The highest BCUT2D eigenvalue weighted by molar-refractivity contribution is 5.95. The minimum absolute atomic E-state index is 0.00823. The van der Waals surface area contributed by atoms with E-state index in [1.165, 1.54) is 18.7 Å². The normalized spacial score (nSPS) is 26.0. The van der Waals surface area contributed by atoms with Crippen LogP contribution in [-0.2, 0) is 16.0 Å². The molecule has 0 saturated carbocycles. The molecule has 1 aromatic rings. The van der Waals surface area contributed by atoms with Crippen molar-refractivity contribution in [2.45, 2.75) is 39.0 Å². The van der Waals surface area contributed by atoms with Gasteiger partial charge in [-0.2, -0.15) is 13.2 Å². The van der Waals surface area contributed by atoms with Gasteiger partial charge in [0.15, 0.2) is 6.10 Å². The standard InChI is InChI=1S/C18H20F3NO3/c1-17(2)10-22(8-7-14(17)18(19,20)21)15(23)13-9-11-5-3-4-6-12(11)16(24)25-13/h3-6,13-14H,7-10H2,1-2H3/t13-,14-/m0/s1. The molecule has 0 aromatic heterocycles. The van der Waals surface area contributed by atoms with Crippen LogP contribution in [0.25, 0.3) is 0 Å². The van der Waals surface area contributed by atoms with E-state index in [0.717, 1.165) is 5.56 Å². The molecule has 3 rings (SSSR count). The van der Waals surface area contributed by atoms with Gasteiger partial charge in [-0.1, -0.05) is 32.0 Å². The molecule has 2 atom stereocenters. The number of carbonyl (C=O) groups is 2. The van der Waals surface area contributed by atoms with Crippen LogP contribution >= 0.6 is 0 Å². The molecule has 7 heteroatoms. The minimum Gasteiger partial charge on any atom is -0.448 e. The number of hydrogen-bond acceptors (Lipinski definition) is 3. The predicted molar refractivity (Wildman–Crippen MR) is 83.9 cm³/mol. The van der Waals surface area contributed by atoms with Crippen LogP contribution in [0.1, 0.15) is 36.2 Å². The molecule has 4 nitrogen and oxygen atoms in total. The highest BCUT2D eigenvalue weighted by Gasteiger charge is 2.52. The molecule has 25 heavy (non-hydrogen) atoms. The number of alkyl halides is 3. The third-order valence-electron chi connectivity index (χ3n) is 5.10. The lowest BCUT2D eigenvalue weighted by Crippen LogP contribution is -2.55. The summed E-state index contributed by atoms with van der Waals surface area (Å²) >= 11 is 0. The van der Waals surface area contributed by atoms with Gasteiger partial charge in [0, 0.05) is 19.5 Å². The van der Waals surface area contributed by atoms with Crippen molar-refractivity contribution >= 4 is 11.9 Å². The van der Waals surface area contributed by atoms with E-state index >= 15 is 0 Å². The maximum absolute atomic E-state index is 13.2. The number of nitrogens with zero attached hydrogens (tertiary/aromatic N) is 1. The van der Waals surface area contributed by atoms with Crippen molar-refractivity contribution < 1.29 is 27.5 Å². The number of fused-ring (bicyclic) bond motifs is 1. The number of esters is 1. The van der Waals surface area contributed by atoms with Crippen LogP contribution in [0.5, 0.6) is 0 Å². The number of halogens is 3. The van der Waals surface area contributed by atoms with E-state index < -0.39 is 35.5 Å². The second kappa shape index (κ2) is 6.04. The van der Waals surface area contributed by atoms with Gasteiger partial charge in [-0.25, -0.2) is 4.79 Å². The number of likely N-dealkylation sites (tertiary alicyclic amines) is 1. The first kappa shape index (κ1) is 17.8. The summed E-state index contributed by atoms with van der Waals surface area (Å²) in [6, 6.07) is 6.88. The molecule has 0 unspecified atom stereocenters. The van der Waals surface area contributed by atoms with Crippen LogP contribution in [-0.4, -0.2) is 42.1 Å². The molecule has 2 heterocycles. The molecule has 0 bridgehead atoms. The van der Waals surface area contributed by atoms with E-state index in [2.05, 4.69) is 0 Å². The summed E-state index contributed by atoms with van der Waals surface area (Å²) in [6.45, 7) is 3.05. The zero-order valence-electron chi connectivity index (χ0n) is 14.1. The first-order chi connectivity index (χ1) is 11.6. The minimum atomic E-state index is -4.28. The Hall–Kier alpha value is -2.05. The van der Waals surface area contributed by atoms with Crippen molar-refractivity contribution in [3.8, 4) is 0 Å². The SMILES string of the molecule is CC1(C)CN(C(=O)[C@@H]2Cc3ccccc3C(=O)O2)CC[C@@H]1C(F)(F)F. The average molecular weight is 355 g/mol. The Balaban J connectivity index is 1.74. The largest absolute Gasteiger partial charge is 0.448 e. The van der Waals surface area contributed by atoms with Crippen LogP contribution in [0, 0.1) is 11.3 Å². The zero-order chi connectivity index (χ0) is 18.4. The number of rotatable bonds is 1. The molecule has 1 saturated heterocycles. The smallest absolute Gasteiger partial charge is 0.392 e. The van der Waals surface area contributed by atoms with Gasteiger partial charge in [-0.05, 0) is 23.5 Å². The molecular weight excluding hydrogens is 335 g/mol. The summed E-state index contributed by atoms with van der Waals surface area (Å²) < 4.78 is 44.7. The van der Waals surface area contributed by atoms with E-state index in [4.69, 9.17) is 4.74 Å². The molecule has 136 valence electrons. The third-order valence-corrected chi connectivity index (χ3v) is 5.10. The van der Waals surface area contributed by atoms with Gasteiger partial charge in [0.1, 0.15) is 0 Å². The Labute approximate surface area is 143 Å². The highest BCUT2D eigenvalue weighted by atomic mass is 19.4. The molecular formula is C18H20F3NO3. The van der Waals surface area contributed by atoms with Crippen molar-refractivity contribution in [1.82, 2.24) is 4.90 Å². The zero-order valence-corrected chi connectivity index (χ0v) is 14.1. The fraction of sp³-hybridized carbons (Fsp3) is 0.556. The average Bonchev–Trinajstić information content (AvgIpc) is 2.51. The maximum Gasteiger partial charge on any atom is 0.392 e. The van der Waals surface area contributed by atoms with Crippen molar-refractivity contribution in [2.75, 3.05) is 13.1 Å². The second-order valence-electron chi connectivity index (χ2n) is 7.39. The van der Waals surface area contributed by atoms with Gasteiger partial charge in [-0.3, -0.25) is 4.79 Å². The van der Waals surface area contributed by atoms with Gasteiger partial charge in [0.2, 0.25) is 0 Å². The van der Waals surface area contributed by atoms with E-state index in [-0.39, 0.29) is 25.9 Å². The van der Waals surface area contributed by atoms with Crippen molar-refractivity contribution in [1.29, 1.82) is 0 Å². The number of piperidine rings is 1. The van der Waals surface area contributed by atoms with Crippen LogP contribution in [0.2, 0.25) is 0 Å². The molecule has 0 aliphatic carbocycles. The molecule has 0 spiro atoms. The predicted octanol–water partition coefficient (Wildman–Crippen LogP) is 3.21. The number of ether oxygens (including phenoxy) is 1. The molecule has 0 radical (unpaired) electrons. The summed E-state index contributed by atoms with van der Waals surface area (Å²) in [5.74, 6) is -2.43. The molecule has 1 aromatic carbocycles. The van der Waals surface area contributed by atoms with Crippen LogP contribution in [0.4, 0.5) is 13.2 Å². The second-order valence-corrected chi connectivity index (χ2v) is 7.39. The maximum atomic E-state index is 13.2. The molecule has 1 amide bonds. The van der Waals surface area contributed by atoms with Gasteiger partial charge in [0.05, 0.1) is 11.5 Å². The lowest BCUT2D eigenvalue weighted by atomic mass is 9.73. The van der Waals surface area contributed by atoms with Gasteiger partial charge < -0.3 is 9.64 Å². The Bertz CT molecular complexity index is 699. The summed E-state index contributed by atoms with van der Waals surface area (Å²) in [6.07, 6.45) is -5.14. The number of amides is 1. The molecule has 2 aliphatic heterocycles. The van der Waals surface area contributed by atoms with Crippen molar-refractivity contribution in [3.05, 3.63) is 35.4 Å².